The van der Waals surface area contributed by atoms with Crippen LogP contribution in [0.3, 0.4) is 0 Å². The van der Waals surface area contributed by atoms with Crippen LogP contribution in [0.1, 0.15) is 26.6 Å². The van der Waals surface area contributed by atoms with E-state index in [1.54, 1.807) is 0 Å². The minimum absolute atomic E-state index is 0.0466. The first-order valence-corrected chi connectivity index (χ1v) is 7.61. The Morgan fingerprint density at radius 3 is 2.22 bits per heavy atom. The summed E-state index contributed by atoms with van der Waals surface area (Å²) in [6.07, 6.45) is 0. The summed E-state index contributed by atoms with van der Waals surface area (Å²) in [4.78, 5) is 0. The summed E-state index contributed by atoms with van der Waals surface area (Å²) in [5.41, 5.74) is 1.03. The second kappa shape index (κ2) is 5.13. The monoisotopic (exact) mass is 371 g/mol. The normalized spacial score (nSPS) is 11.8. The van der Waals surface area contributed by atoms with Crippen LogP contribution in [-0.2, 0) is 10.9 Å². The quantitative estimate of drug-likeness (QED) is 0.733. The third kappa shape index (κ3) is 2.67. The molecule has 0 saturated heterocycles. The number of hydrogen-bond acceptors (Lipinski definition) is 2. The molecule has 96 valence electrons. The molecule has 1 aromatic carbocycles. The van der Waals surface area contributed by atoms with E-state index in [0.29, 0.717) is 5.33 Å². The van der Waals surface area contributed by atoms with E-state index in [1.807, 2.05) is 24.3 Å². The molecular weight excluding hydrogens is 358 g/mol. The topological polar surface area (TPSA) is 30.7 Å². The van der Waals surface area contributed by atoms with Gasteiger partial charge in [-0.15, -0.1) is 10.2 Å². The van der Waals surface area contributed by atoms with Crippen molar-refractivity contribution in [2.75, 3.05) is 0 Å². The average Bonchev–Trinajstić information content (AvgIpc) is 2.73. The van der Waals surface area contributed by atoms with Gasteiger partial charge in [-0.1, -0.05) is 44.0 Å². The van der Waals surface area contributed by atoms with Gasteiger partial charge < -0.3 is 4.57 Å². The van der Waals surface area contributed by atoms with E-state index in [4.69, 9.17) is 0 Å². The van der Waals surface area contributed by atoms with Gasteiger partial charge in [0.15, 0.2) is 5.82 Å². The van der Waals surface area contributed by atoms with Crippen molar-refractivity contribution in [3.8, 4) is 11.4 Å². The van der Waals surface area contributed by atoms with Crippen LogP contribution in [0.4, 0.5) is 0 Å². The zero-order valence-corrected chi connectivity index (χ0v) is 13.8. The van der Waals surface area contributed by atoms with Crippen LogP contribution >= 0.6 is 31.9 Å². The Morgan fingerprint density at radius 1 is 1.11 bits per heavy atom. The standard InChI is InChI=1S/C13H15Br2N3/c1-13(2,3)18-11(8-14)16-17-12(18)9-4-6-10(15)7-5-9/h4-7H,8H2,1-3H3. The lowest BCUT2D eigenvalue weighted by Gasteiger charge is -2.24. The van der Waals surface area contributed by atoms with Crippen molar-refractivity contribution in [1.29, 1.82) is 0 Å². The second-order valence-corrected chi connectivity index (χ2v) is 6.56. The lowest BCUT2D eigenvalue weighted by molar-refractivity contribution is 0.391. The Hall–Kier alpha value is -0.680. The maximum Gasteiger partial charge on any atom is 0.164 e. The van der Waals surface area contributed by atoms with Crippen LogP contribution in [0, 0.1) is 0 Å². The van der Waals surface area contributed by atoms with E-state index in [0.717, 1.165) is 21.7 Å². The van der Waals surface area contributed by atoms with Crippen LogP contribution < -0.4 is 0 Å². The summed E-state index contributed by atoms with van der Waals surface area (Å²) in [5, 5.41) is 9.28. The van der Waals surface area contributed by atoms with E-state index >= 15 is 0 Å². The van der Waals surface area contributed by atoms with Crippen molar-refractivity contribution in [2.45, 2.75) is 31.6 Å². The minimum Gasteiger partial charge on any atom is -0.305 e. The van der Waals surface area contributed by atoms with Crippen molar-refractivity contribution < 1.29 is 0 Å². The highest BCUT2D eigenvalue weighted by molar-refractivity contribution is 9.10. The number of rotatable bonds is 2. The molecule has 0 saturated carbocycles. The summed E-state index contributed by atoms with van der Waals surface area (Å²) >= 11 is 6.91. The van der Waals surface area contributed by atoms with Crippen LogP contribution in [0.2, 0.25) is 0 Å². The Balaban J connectivity index is 2.58. The van der Waals surface area contributed by atoms with Crippen LogP contribution in [-0.4, -0.2) is 14.8 Å². The molecule has 0 unspecified atom stereocenters. The Kier molecular flexibility index (Phi) is 3.92. The highest BCUT2D eigenvalue weighted by atomic mass is 79.9. The lowest BCUT2D eigenvalue weighted by atomic mass is 10.1. The van der Waals surface area contributed by atoms with Gasteiger partial charge in [0.25, 0.3) is 0 Å². The molecule has 0 N–H and O–H groups in total. The molecule has 0 aliphatic rings. The highest BCUT2D eigenvalue weighted by Crippen LogP contribution is 2.27. The predicted molar refractivity (Wildman–Crippen MR) is 80.8 cm³/mol. The van der Waals surface area contributed by atoms with Gasteiger partial charge in [-0.2, -0.15) is 0 Å². The molecule has 1 aromatic heterocycles. The first-order chi connectivity index (χ1) is 8.43. The fraction of sp³-hybridized carbons (Fsp3) is 0.385. The number of halogens is 2. The molecule has 18 heavy (non-hydrogen) atoms. The Bertz CT molecular complexity index is 538. The highest BCUT2D eigenvalue weighted by Gasteiger charge is 2.23. The third-order valence-electron chi connectivity index (χ3n) is 2.62. The fourth-order valence-electron chi connectivity index (χ4n) is 1.89. The van der Waals surface area contributed by atoms with Gasteiger partial charge in [0, 0.05) is 15.6 Å². The van der Waals surface area contributed by atoms with Crippen molar-refractivity contribution in [2.24, 2.45) is 0 Å². The smallest absolute Gasteiger partial charge is 0.164 e. The molecule has 0 spiro atoms. The second-order valence-electron chi connectivity index (χ2n) is 5.09. The first-order valence-electron chi connectivity index (χ1n) is 5.70. The molecule has 0 atom stereocenters. The van der Waals surface area contributed by atoms with Gasteiger partial charge in [-0.05, 0) is 32.9 Å². The summed E-state index contributed by atoms with van der Waals surface area (Å²) in [5.74, 6) is 1.85. The molecular formula is C13H15Br2N3. The van der Waals surface area contributed by atoms with Gasteiger partial charge in [0.05, 0.1) is 5.33 Å². The fourth-order valence-corrected chi connectivity index (χ4v) is 2.52. The zero-order valence-electron chi connectivity index (χ0n) is 10.6. The maximum atomic E-state index is 4.32. The zero-order chi connectivity index (χ0) is 13.3. The molecule has 2 aromatic rings. The van der Waals surface area contributed by atoms with E-state index in [1.165, 1.54) is 0 Å². The van der Waals surface area contributed by atoms with Gasteiger partial charge in [-0.3, -0.25) is 0 Å². The van der Waals surface area contributed by atoms with Gasteiger partial charge >= 0.3 is 0 Å². The number of hydrogen-bond donors (Lipinski definition) is 0. The summed E-state index contributed by atoms with van der Waals surface area (Å²) < 4.78 is 3.24. The van der Waals surface area contributed by atoms with Gasteiger partial charge in [0.2, 0.25) is 0 Å². The van der Waals surface area contributed by atoms with Crippen molar-refractivity contribution in [1.82, 2.24) is 14.8 Å². The van der Waals surface area contributed by atoms with E-state index < -0.39 is 0 Å². The van der Waals surface area contributed by atoms with Crippen molar-refractivity contribution in [3.05, 3.63) is 34.6 Å². The minimum atomic E-state index is -0.0466. The molecule has 1 heterocycles. The number of alkyl halides is 1. The van der Waals surface area contributed by atoms with E-state index in [9.17, 15) is 0 Å². The molecule has 2 rings (SSSR count). The number of benzene rings is 1. The molecule has 0 amide bonds. The average molecular weight is 373 g/mol. The summed E-state index contributed by atoms with van der Waals surface area (Å²) in [6, 6.07) is 8.14. The first kappa shape index (κ1) is 13.7. The molecule has 0 bridgehead atoms. The third-order valence-corrected chi connectivity index (χ3v) is 3.65. The van der Waals surface area contributed by atoms with Gasteiger partial charge in [0.1, 0.15) is 5.82 Å². The maximum absolute atomic E-state index is 4.32. The molecule has 0 radical (unpaired) electrons. The molecule has 3 nitrogen and oxygen atoms in total. The van der Waals surface area contributed by atoms with Crippen molar-refractivity contribution in [3.63, 3.8) is 0 Å². The lowest BCUT2D eigenvalue weighted by Crippen LogP contribution is -2.24. The SMILES string of the molecule is CC(C)(C)n1c(CBr)nnc1-c1ccc(Br)cc1. The van der Waals surface area contributed by atoms with Crippen molar-refractivity contribution >= 4 is 31.9 Å². The predicted octanol–water partition coefficient (Wildman–Crippen LogP) is 4.36. The van der Waals surface area contributed by atoms with Gasteiger partial charge in [-0.25, -0.2) is 0 Å². The summed E-state index contributed by atoms with van der Waals surface area (Å²) in [6.45, 7) is 6.47. The van der Waals surface area contributed by atoms with Crippen LogP contribution in [0.15, 0.2) is 28.7 Å². The Labute approximate surface area is 124 Å². The number of nitrogens with zero attached hydrogens (tertiary/aromatic N) is 3. The Morgan fingerprint density at radius 2 is 1.72 bits per heavy atom. The van der Waals surface area contributed by atoms with E-state index in [2.05, 4.69) is 67.4 Å². The largest absolute Gasteiger partial charge is 0.305 e. The molecule has 0 aliphatic heterocycles. The van der Waals surface area contributed by atoms with Crippen LogP contribution in [0.5, 0.6) is 0 Å². The summed E-state index contributed by atoms with van der Waals surface area (Å²) in [7, 11) is 0. The number of aromatic nitrogens is 3. The molecule has 0 aliphatic carbocycles. The van der Waals surface area contributed by atoms with E-state index in [-0.39, 0.29) is 5.54 Å². The molecule has 0 fully saturated rings. The van der Waals surface area contributed by atoms with Crippen LogP contribution in [0.25, 0.3) is 11.4 Å². The molecule has 5 heteroatoms.